The molecule has 2 rings (SSSR count). The summed E-state index contributed by atoms with van der Waals surface area (Å²) in [5.41, 5.74) is 3.12. The van der Waals surface area contributed by atoms with Crippen LogP contribution in [0, 0.1) is 0 Å². The van der Waals surface area contributed by atoms with E-state index in [2.05, 4.69) is 48.3 Å². The lowest BCUT2D eigenvalue weighted by Gasteiger charge is -2.18. The summed E-state index contributed by atoms with van der Waals surface area (Å²) in [6, 6.07) is 17.8. The topological polar surface area (TPSA) is 32.3 Å². The van der Waals surface area contributed by atoms with Gasteiger partial charge in [-0.25, -0.2) is 0 Å². The van der Waals surface area contributed by atoms with Crippen LogP contribution in [-0.2, 0) is 13.1 Å². The second-order valence-electron chi connectivity index (χ2n) is 5.33. The summed E-state index contributed by atoms with van der Waals surface area (Å²) in [6.45, 7) is 8.01. The zero-order valence-corrected chi connectivity index (χ0v) is 13.4. The van der Waals surface area contributed by atoms with Crippen LogP contribution in [0.25, 0.3) is 0 Å². The van der Waals surface area contributed by atoms with E-state index >= 15 is 0 Å². The Balaban J connectivity index is 1.87. The molecule has 1 N–H and O–H groups in total. The van der Waals surface area contributed by atoms with Crippen LogP contribution in [0.1, 0.15) is 35.3 Å². The number of benzene rings is 2. The van der Waals surface area contributed by atoms with Crippen molar-refractivity contribution in [3.8, 4) is 0 Å². The average molecular weight is 296 g/mol. The Morgan fingerprint density at radius 3 is 2.09 bits per heavy atom. The molecule has 0 unspecified atom stereocenters. The van der Waals surface area contributed by atoms with Crippen LogP contribution >= 0.6 is 0 Å². The van der Waals surface area contributed by atoms with Gasteiger partial charge in [0.05, 0.1) is 0 Å². The van der Waals surface area contributed by atoms with Gasteiger partial charge in [0, 0.05) is 18.7 Å². The highest BCUT2D eigenvalue weighted by Gasteiger charge is 2.04. The van der Waals surface area contributed by atoms with Gasteiger partial charge in [-0.2, -0.15) is 0 Å². The highest BCUT2D eigenvalue weighted by molar-refractivity contribution is 5.94. The monoisotopic (exact) mass is 296 g/mol. The average Bonchev–Trinajstić information content (AvgIpc) is 2.59. The van der Waals surface area contributed by atoms with Gasteiger partial charge in [0.25, 0.3) is 5.91 Å². The van der Waals surface area contributed by atoms with Crippen molar-refractivity contribution in [2.24, 2.45) is 0 Å². The lowest BCUT2D eigenvalue weighted by molar-refractivity contribution is 0.0951. The molecule has 3 heteroatoms. The van der Waals surface area contributed by atoms with Crippen LogP contribution in [0.5, 0.6) is 0 Å². The minimum absolute atomic E-state index is 0.0344. The number of carbonyl (C=O) groups excluding carboxylic acids is 1. The van der Waals surface area contributed by atoms with Gasteiger partial charge in [0.1, 0.15) is 0 Å². The maximum absolute atomic E-state index is 12.0. The summed E-state index contributed by atoms with van der Waals surface area (Å²) < 4.78 is 0. The Kier molecular flexibility index (Phi) is 6.16. The molecule has 0 radical (unpaired) electrons. The van der Waals surface area contributed by atoms with Crippen LogP contribution in [-0.4, -0.2) is 23.9 Å². The van der Waals surface area contributed by atoms with E-state index in [0.717, 1.165) is 25.2 Å². The molecule has 116 valence electrons. The largest absolute Gasteiger partial charge is 0.348 e. The summed E-state index contributed by atoms with van der Waals surface area (Å²) in [5.74, 6) is -0.0344. The van der Waals surface area contributed by atoms with E-state index in [9.17, 15) is 4.79 Å². The molecule has 0 saturated carbocycles. The Hall–Kier alpha value is -2.13. The first-order valence-electron chi connectivity index (χ1n) is 7.86. The van der Waals surface area contributed by atoms with Gasteiger partial charge in [0.2, 0.25) is 0 Å². The third-order valence-electron chi connectivity index (χ3n) is 3.81. The molecule has 22 heavy (non-hydrogen) atoms. The Labute approximate surface area is 133 Å². The molecule has 0 bridgehead atoms. The minimum atomic E-state index is -0.0344. The molecular weight excluding hydrogens is 272 g/mol. The molecule has 0 aliphatic rings. The van der Waals surface area contributed by atoms with Crippen molar-refractivity contribution in [2.45, 2.75) is 26.9 Å². The lowest BCUT2D eigenvalue weighted by atomic mass is 10.1. The predicted molar refractivity (Wildman–Crippen MR) is 90.7 cm³/mol. The standard InChI is InChI=1S/C19H24N2O/c1-3-21(4-2)15-17-12-10-16(11-13-17)14-20-19(22)18-8-6-5-7-9-18/h5-13H,3-4,14-15H2,1-2H3,(H,20,22). The molecule has 3 nitrogen and oxygen atoms in total. The second kappa shape index (κ2) is 8.35. The molecule has 0 aromatic heterocycles. The number of hydrogen-bond donors (Lipinski definition) is 1. The third kappa shape index (κ3) is 4.71. The van der Waals surface area contributed by atoms with Crippen molar-refractivity contribution in [3.05, 3.63) is 71.3 Å². The fourth-order valence-corrected chi connectivity index (χ4v) is 2.34. The molecular formula is C19H24N2O. The Bertz CT molecular complexity index is 574. The Morgan fingerprint density at radius 2 is 1.50 bits per heavy atom. The molecule has 0 spiro atoms. The molecule has 1 amide bonds. The summed E-state index contributed by atoms with van der Waals surface area (Å²) in [6.07, 6.45) is 0. The van der Waals surface area contributed by atoms with Gasteiger partial charge in [-0.05, 0) is 36.3 Å². The maximum Gasteiger partial charge on any atom is 0.251 e. The normalized spacial score (nSPS) is 10.7. The quantitative estimate of drug-likeness (QED) is 0.848. The predicted octanol–water partition coefficient (Wildman–Crippen LogP) is 3.46. The smallest absolute Gasteiger partial charge is 0.251 e. The maximum atomic E-state index is 12.0. The number of hydrogen-bond acceptors (Lipinski definition) is 2. The van der Waals surface area contributed by atoms with E-state index in [1.54, 1.807) is 0 Å². The van der Waals surface area contributed by atoms with Gasteiger partial charge < -0.3 is 5.32 Å². The highest BCUT2D eigenvalue weighted by Crippen LogP contribution is 2.08. The SMILES string of the molecule is CCN(CC)Cc1ccc(CNC(=O)c2ccccc2)cc1. The molecule has 0 atom stereocenters. The van der Waals surface area contributed by atoms with E-state index in [4.69, 9.17) is 0 Å². The van der Waals surface area contributed by atoms with Crippen LogP contribution < -0.4 is 5.32 Å². The van der Waals surface area contributed by atoms with Crippen LogP contribution in [0.3, 0.4) is 0 Å². The molecule has 2 aromatic carbocycles. The molecule has 2 aromatic rings. The van der Waals surface area contributed by atoms with Crippen LogP contribution in [0.2, 0.25) is 0 Å². The molecule has 0 heterocycles. The van der Waals surface area contributed by atoms with Crippen molar-refractivity contribution in [1.82, 2.24) is 10.2 Å². The van der Waals surface area contributed by atoms with E-state index < -0.39 is 0 Å². The van der Waals surface area contributed by atoms with Crippen molar-refractivity contribution in [1.29, 1.82) is 0 Å². The van der Waals surface area contributed by atoms with E-state index in [0.29, 0.717) is 12.1 Å². The lowest BCUT2D eigenvalue weighted by Crippen LogP contribution is -2.23. The summed E-state index contributed by atoms with van der Waals surface area (Å²) in [4.78, 5) is 14.4. The van der Waals surface area contributed by atoms with Crippen LogP contribution in [0.15, 0.2) is 54.6 Å². The van der Waals surface area contributed by atoms with Gasteiger partial charge >= 0.3 is 0 Å². The number of nitrogens with one attached hydrogen (secondary N) is 1. The van der Waals surface area contributed by atoms with E-state index in [1.165, 1.54) is 5.56 Å². The van der Waals surface area contributed by atoms with Crippen molar-refractivity contribution in [2.75, 3.05) is 13.1 Å². The van der Waals surface area contributed by atoms with E-state index in [-0.39, 0.29) is 5.91 Å². The zero-order chi connectivity index (χ0) is 15.8. The number of carbonyl (C=O) groups is 1. The summed E-state index contributed by atoms with van der Waals surface area (Å²) in [5, 5.41) is 2.95. The summed E-state index contributed by atoms with van der Waals surface area (Å²) in [7, 11) is 0. The first-order chi connectivity index (χ1) is 10.7. The summed E-state index contributed by atoms with van der Waals surface area (Å²) >= 11 is 0. The van der Waals surface area contributed by atoms with Crippen molar-refractivity contribution < 1.29 is 4.79 Å². The Morgan fingerprint density at radius 1 is 0.909 bits per heavy atom. The van der Waals surface area contributed by atoms with Gasteiger partial charge in [-0.3, -0.25) is 9.69 Å². The number of rotatable bonds is 7. The third-order valence-corrected chi connectivity index (χ3v) is 3.81. The zero-order valence-electron chi connectivity index (χ0n) is 13.4. The van der Waals surface area contributed by atoms with Gasteiger partial charge in [-0.1, -0.05) is 56.3 Å². The first-order valence-corrected chi connectivity index (χ1v) is 7.86. The minimum Gasteiger partial charge on any atom is -0.348 e. The molecule has 0 fully saturated rings. The molecule has 0 aliphatic heterocycles. The van der Waals surface area contributed by atoms with Crippen LogP contribution in [0.4, 0.5) is 0 Å². The number of nitrogens with zero attached hydrogens (tertiary/aromatic N) is 1. The van der Waals surface area contributed by atoms with Gasteiger partial charge in [0.15, 0.2) is 0 Å². The fraction of sp³-hybridized carbons (Fsp3) is 0.316. The molecule has 0 saturated heterocycles. The molecule has 0 aliphatic carbocycles. The van der Waals surface area contributed by atoms with Gasteiger partial charge in [-0.15, -0.1) is 0 Å². The number of amides is 1. The van der Waals surface area contributed by atoms with Crippen molar-refractivity contribution >= 4 is 5.91 Å². The van der Waals surface area contributed by atoms with Crippen molar-refractivity contribution in [3.63, 3.8) is 0 Å². The highest BCUT2D eigenvalue weighted by atomic mass is 16.1. The first kappa shape index (κ1) is 16.2. The fourth-order valence-electron chi connectivity index (χ4n) is 2.34. The second-order valence-corrected chi connectivity index (χ2v) is 5.33. The van der Waals surface area contributed by atoms with E-state index in [1.807, 2.05) is 30.3 Å².